The summed E-state index contributed by atoms with van der Waals surface area (Å²) >= 11 is 0. The number of amides is 1. The summed E-state index contributed by atoms with van der Waals surface area (Å²) in [6.07, 6.45) is -3.94. The lowest BCUT2D eigenvalue weighted by Crippen LogP contribution is -2.34. The van der Waals surface area contributed by atoms with Crippen molar-refractivity contribution in [2.75, 3.05) is 13.6 Å². The van der Waals surface area contributed by atoms with Gasteiger partial charge in [-0.05, 0) is 47.9 Å². The van der Waals surface area contributed by atoms with Crippen LogP contribution in [0.5, 0.6) is 0 Å². The molecule has 0 bridgehead atoms. The van der Waals surface area contributed by atoms with Crippen LogP contribution in [0.4, 0.5) is 22.0 Å². The van der Waals surface area contributed by atoms with E-state index in [1.54, 1.807) is 18.0 Å². The molecule has 0 fully saturated rings. The Morgan fingerprint density at radius 3 is 2.61 bits per heavy atom. The number of halogens is 5. The van der Waals surface area contributed by atoms with Crippen LogP contribution in [-0.4, -0.2) is 39.4 Å². The van der Waals surface area contributed by atoms with Gasteiger partial charge in [-0.1, -0.05) is 0 Å². The van der Waals surface area contributed by atoms with Crippen LogP contribution in [0.15, 0.2) is 42.9 Å². The fourth-order valence-corrected chi connectivity index (χ4v) is 3.49. The molecule has 0 saturated heterocycles. The van der Waals surface area contributed by atoms with Gasteiger partial charge >= 0.3 is 6.18 Å². The minimum Gasteiger partial charge on any atom is -0.341 e. The van der Waals surface area contributed by atoms with E-state index in [2.05, 4.69) is 15.0 Å². The third-order valence-corrected chi connectivity index (χ3v) is 5.06. The summed E-state index contributed by atoms with van der Waals surface area (Å²) in [6.45, 7) is 0.470. The van der Waals surface area contributed by atoms with Crippen LogP contribution in [0.3, 0.4) is 0 Å². The Kier molecular flexibility index (Phi) is 5.16. The molecule has 1 aromatic carbocycles. The first-order valence-electron chi connectivity index (χ1n) is 9.22. The van der Waals surface area contributed by atoms with Crippen LogP contribution < -0.4 is 0 Å². The van der Waals surface area contributed by atoms with E-state index in [0.29, 0.717) is 48.0 Å². The summed E-state index contributed by atoms with van der Waals surface area (Å²) in [4.78, 5) is 26.1. The lowest BCUT2D eigenvalue weighted by molar-refractivity contribution is -0.137. The van der Waals surface area contributed by atoms with Gasteiger partial charge in [0.15, 0.2) is 6.17 Å². The van der Waals surface area contributed by atoms with Gasteiger partial charge in [-0.2, -0.15) is 13.2 Å². The number of fused-ring (bicyclic) bond motifs is 1. The van der Waals surface area contributed by atoms with E-state index in [1.807, 2.05) is 0 Å². The predicted molar refractivity (Wildman–Crippen MR) is 100 cm³/mol. The second-order valence-electron chi connectivity index (χ2n) is 7.12. The summed E-state index contributed by atoms with van der Waals surface area (Å²) < 4.78 is 67.6. The van der Waals surface area contributed by atoms with Crippen LogP contribution in [0, 0.1) is 5.82 Å². The first-order chi connectivity index (χ1) is 14.6. The zero-order valence-electron chi connectivity index (χ0n) is 16.1. The molecule has 3 aromatic rings. The molecule has 0 spiro atoms. The van der Waals surface area contributed by atoms with Crippen molar-refractivity contribution in [2.24, 2.45) is 0 Å². The van der Waals surface area contributed by atoms with Gasteiger partial charge in [0.1, 0.15) is 12.1 Å². The molecule has 1 aliphatic heterocycles. The lowest BCUT2D eigenvalue weighted by Gasteiger charge is -2.25. The molecule has 3 heterocycles. The quantitative estimate of drug-likeness (QED) is 0.574. The maximum Gasteiger partial charge on any atom is 0.416 e. The number of likely N-dealkylation sites (N-methyl/N-ethyl adjacent to an activating group) is 1. The van der Waals surface area contributed by atoms with E-state index < -0.39 is 29.3 Å². The molecule has 0 radical (unpaired) electrons. The maximum absolute atomic E-state index is 15.1. The van der Waals surface area contributed by atoms with Gasteiger partial charge in [0.05, 0.1) is 22.6 Å². The number of pyridine rings is 1. The minimum absolute atomic E-state index is 0.179. The van der Waals surface area contributed by atoms with E-state index in [1.165, 1.54) is 12.3 Å². The van der Waals surface area contributed by atoms with Gasteiger partial charge < -0.3 is 4.90 Å². The Hall–Kier alpha value is -3.43. The Labute approximate surface area is 173 Å². The lowest BCUT2D eigenvalue weighted by atomic mass is 9.96. The van der Waals surface area contributed by atoms with Crippen molar-refractivity contribution in [3.05, 3.63) is 76.6 Å². The number of hydrogen-bond donors (Lipinski definition) is 0. The summed E-state index contributed by atoms with van der Waals surface area (Å²) in [7, 11) is 1.68. The van der Waals surface area contributed by atoms with Crippen molar-refractivity contribution in [2.45, 2.75) is 18.8 Å². The molecule has 0 N–H and O–H groups in total. The first kappa shape index (κ1) is 20.8. The average Bonchev–Trinajstić information content (AvgIpc) is 2.74. The summed E-state index contributed by atoms with van der Waals surface area (Å²) in [5, 5.41) is 0. The summed E-state index contributed by atoms with van der Waals surface area (Å²) in [5.41, 5.74) is -0.370. The maximum atomic E-state index is 15.1. The number of carbonyl (C=O) groups is 1. The largest absolute Gasteiger partial charge is 0.416 e. The number of alkyl halides is 4. The highest BCUT2D eigenvalue weighted by Gasteiger charge is 2.32. The van der Waals surface area contributed by atoms with Crippen LogP contribution in [0.1, 0.15) is 38.9 Å². The normalized spacial score (nSPS) is 15.0. The highest BCUT2D eigenvalue weighted by Crippen LogP contribution is 2.35. The number of nitrogens with zero attached hydrogens (tertiary/aromatic N) is 4. The molecular weight excluding hydrogens is 419 g/mol. The van der Waals surface area contributed by atoms with Crippen molar-refractivity contribution in [1.29, 1.82) is 0 Å². The SMILES string of the molecule is CN1CCc2c(ccnc2-c2cc(C(F)c3cc(F)cc(C(F)(F)F)c3)ncn2)C1=O. The van der Waals surface area contributed by atoms with Gasteiger partial charge in [-0.25, -0.2) is 18.7 Å². The third-order valence-electron chi connectivity index (χ3n) is 5.06. The van der Waals surface area contributed by atoms with Crippen molar-refractivity contribution in [1.82, 2.24) is 19.9 Å². The fourth-order valence-electron chi connectivity index (χ4n) is 3.49. The zero-order chi connectivity index (χ0) is 22.3. The van der Waals surface area contributed by atoms with Crippen LogP contribution in [0.25, 0.3) is 11.4 Å². The standard InChI is InChI=1S/C21H15F5N4O/c1-30-5-3-14-15(20(30)31)2-4-27-19(14)17-9-16(28-10-29-17)18(23)11-6-12(21(24,25)26)8-13(22)7-11/h2,4,6-10,18H,3,5H2,1H3. The van der Waals surface area contributed by atoms with Gasteiger partial charge in [0, 0.05) is 25.4 Å². The van der Waals surface area contributed by atoms with E-state index in [9.17, 15) is 22.4 Å². The summed E-state index contributed by atoms with van der Waals surface area (Å²) in [5.74, 6) is -1.38. The molecule has 1 atom stereocenters. The second-order valence-corrected chi connectivity index (χ2v) is 7.12. The number of carbonyl (C=O) groups excluding carboxylic acids is 1. The van der Waals surface area contributed by atoms with Crippen molar-refractivity contribution < 1.29 is 26.7 Å². The van der Waals surface area contributed by atoms with Crippen LogP contribution in [0.2, 0.25) is 0 Å². The topological polar surface area (TPSA) is 59.0 Å². The molecule has 4 rings (SSSR count). The van der Waals surface area contributed by atoms with Crippen LogP contribution in [-0.2, 0) is 12.6 Å². The van der Waals surface area contributed by atoms with E-state index in [0.717, 1.165) is 6.33 Å². The average molecular weight is 434 g/mol. The molecular formula is C21H15F5N4O. The number of aromatic nitrogens is 3. The van der Waals surface area contributed by atoms with E-state index >= 15 is 4.39 Å². The molecule has 10 heteroatoms. The second kappa shape index (κ2) is 7.68. The smallest absolute Gasteiger partial charge is 0.341 e. The molecule has 1 aliphatic rings. The molecule has 1 unspecified atom stereocenters. The van der Waals surface area contributed by atoms with Gasteiger partial charge in [0.2, 0.25) is 0 Å². The third kappa shape index (κ3) is 3.97. The van der Waals surface area contributed by atoms with Crippen molar-refractivity contribution >= 4 is 5.91 Å². The van der Waals surface area contributed by atoms with Crippen molar-refractivity contribution in [3.8, 4) is 11.4 Å². The first-order valence-corrected chi connectivity index (χ1v) is 9.22. The summed E-state index contributed by atoms with van der Waals surface area (Å²) in [6, 6.07) is 4.37. The highest BCUT2D eigenvalue weighted by atomic mass is 19.4. The molecule has 2 aromatic heterocycles. The fraction of sp³-hybridized carbons (Fsp3) is 0.238. The zero-order valence-corrected chi connectivity index (χ0v) is 16.1. The number of rotatable bonds is 3. The van der Waals surface area contributed by atoms with Crippen LogP contribution >= 0.6 is 0 Å². The number of hydrogen-bond acceptors (Lipinski definition) is 4. The van der Waals surface area contributed by atoms with Crippen molar-refractivity contribution in [3.63, 3.8) is 0 Å². The van der Waals surface area contributed by atoms with Gasteiger partial charge in [-0.15, -0.1) is 0 Å². The predicted octanol–water partition coefficient (Wildman–Crippen LogP) is 4.38. The highest BCUT2D eigenvalue weighted by molar-refractivity contribution is 5.98. The minimum atomic E-state index is -4.82. The Morgan fingerprint density at radius 1 is 1.10 bits per heavy atom. The van der Waals surface area contributed by atoms with E-state index in [-0.39, 0.29) is 17.3 Å². The monoisotopic (exact) mass is 434 g/mol. The Balaban J connectivity index is 1.74. The number of benzene rings is 1. The van der Waals surface area contributed by atoms with Gasteiger partial charge in [0.25, 0.3) is 5.91 Å². The van der Waals surface area contributed by atoms with E-state index in [4.69, 9.17) is 0 Å². The molecule has 31 heavy (non-hydrogen) atoms. The molecule has 1 amide bonds. The van der Waals surface area contributed by atoms with Gasteiger partial charge in [-0.3, -0.25) is 9.78 Å². The molecule has 0 aliphatic carbocycles. The molecule has 0 saturated carbocycles. The molecule has 160 valence electrons. The Morgan fingerprint density at radius 2 is 1.87 bits per heavy atom. The Bertz CT molecular complexity index is 1160. The molecule has 5 nitrogen and oxygen atoms in total.